The lowest BCUT2D eigenvalue weighted by Crippen LogP contribution is -2.35. The number of nitrogen functional groups attached to an aromatic ring is 1. The van der Waals surface area contributed by atoms with Crippen LogP contribution < -0.4 is 16.4 Å². The van der Waals surface area contributed by atoms with E-state index in [9.17, 15) is 9.59 Å². The number of carboxylic acids is 1. The van der Waals surface area contributed by atoms with Crippen molar-refractivity contribution in [3.8, 4) is 0 Å². The predicted octanol–water partition coefficient (Wildman–Crippen LogP) is 0.513. The zero-order valence-electron chi connectivity index (χ0n) is 9.65. The Kier molecular flexibility index (Phi) is 3.92. The monoisotopic (exact) mass is 237 g/mol. The summed E-state index contributed by atoms with van der Waals surface area (Å²) in [7, 11) is 1.53. The van der Waals surface area contributed by atoms with Crippen molar-refractivity contribution in [2.24, 2.45) is 0 Å². The van der Waals surface area contributed by atoms with E-state index in [2.05, 4.69) is 10.6 Å². The Hall–Kier alpha value is -2.24. The fourth-order valence-corrected chi connectivity index (χ4v) is 1.39. The normalized spacial score (nSPS) is 11.6. The number of hydrogen-bond acceptors (Lipinski definition) is 4. The number of benzene rings is 1. The van der Waals surface area contributed by atoms with Gasteiger partial charge in [-0.3, -0.25) is 4.79 Å². The third-order valence-corrected chi connectivity index (χ3v) is 2.35. The standard InChI is InChI=1S/C11H15N3O3/c1-6(10(15)13-2)14-8-5-3-4-7(9(8)12)11(16)17/h3-6,14H,12H2,1-2H3,(H,13,15)(H,16,17). The van der Waals surface area contributed by atoms with Crippen LogP contribution in [-0.4, -0.2) is 30.1 Å². The third-order valence-electron chi connectivity index (χ3n) is 2.35. The Labute approximate surface area is 98.8 Å². The first-order valence-electron chi connectivity index (χ1n) is 5.07. The van der Waals surface area contributed by atoms with Crippen LogP contribution in [0.2, 0.25) is 0 Å². The lowest BCUT2D eigenvalue weighted by molar-refractivity contribution is -0.121. The fourth-order valence-electron chi connectivity index (χ4n) is 1.39. The molecule has 1 aromatic rings. The first kappa shape index (κ1) is 12.8. The zero-order valence-corrected chi connectivity index (χ0v) is 9.65. The number of aromatic carboxylic acids is 1. The maximum absolute atomic E-state index is 11.3. The van der Waals surface area contributed by atoms with E-state index in [1.807, 2.05) is 0 Å². The fraction of sp³-hybridized carbons (Fsp3) is 0.273. The molecule has 6 heteroatoms. The molecule has 0 heterocycles. The van der Waals surface area contributed by atoms with E-state index >= 15 is 0 Å². The van der Waals surface area contributed by atoms with Crippen molar-refractivity contribution in [1.29, 1.82) is 0 Å². The molecule has 0 saturated heterocycles. The smallest absolute Gasteiger partial charge is 0.337 e. The molecule has 0 saturated carbocycles. The summed E-state index contributed by atoms with van der Waals surface area (Å²) in [6.45, 7) is 1.66. The number of amides is 1. The van der Waals surface area contributed by atoms with Crippen LogP contribution in [0.5, 0.6) is 0 Å². The number of rotatable bonds is 4. The van der Waals surface area contributed by atoms with Crippen LogP contribution in [-0.2, 0) is 4.79 Å². The number of carbonyl (C=O) groups is 2. The number of likely N-dealkylation sites (N-methyl/N-ethyl adjacent to an activating group) is 1. The molecule has 0 bridgehead atoms. The molecule has 92 valence electrons. The average Bonchev–Trinajstić information content (AvgIpc) is 2.30. The van der Waals surface area contributed by atoms with Gasteiger partial charge in [0.2, 0.25) is 5.91 Å². The highest BCUT2D eigenvalue weighted by Gasteiger charge is 2.15. The van der Waals surface area contributed by atoms with Gasteiger partial charge >= 0.3 is 5.97 Å². The van der Waals surface area contributed by atoms with Crippen LogP contribution in [0.3, 0.4) is 0 Å². The maximum Gasteiger partial charge on any atom is 0.337 e. The number of para-hydroxylation sites is 1. The number of hydrogen-bond donors (Lipinski definition) is 4. The van der Waals surface area contributed by atoms with Gasteiger partial charge in [0.05, 0.1) is 16.9 Å². The van der Waals surface area contributed by atoms with Crippen LogP contribution in [0.25, 0.3) is 0 Å². The van der Waals surface area contributed by atoms with E-state index in [1.165, 1.54) is 13.1 Å². The number of carboxylic acid groups (broad SMARTS) is 1. The summed E-state index contributed by atoms with van der Waals surface area (Å²) in [6.07, 6.45) is 0. The summed E-state index contributed by atoms with van der Waals surface area (Å²) in [4.78, 5) is 22.2. The summed E-state index contributed by atoms with van der Waals surface area (Å²) in [5.74, 6) is -1.30. The molecule has 6 nitrogen and oxygen atoms in total. The molecule has 0 fully saturated rings. The number of nitrogens with one attached hydrogen (secondary N) is 2. The van der Waals surface area contributed by atoms with Crippen molar-refractivity contribution in [2.75, 3.05) is 18.1 Å². The second kappa shape index (κ2) is 5.20. The summed E-state index contributed by atoms with van der Waals surface area (Å²) in [5.41, 5.74) is 6.26. The Morgan fingerprint density at radius 2 is 2.06 bits per heavy atom. The van der Waals surface area contributed by atoms with Crippen LogP contribution in [0.1, 0.15) is 17.3 Å². The molecule has 0 aliphatic carbocycles. The van der Waals surface area contributed by atoms with Gasteiger partial charge in [0.25, 0.3) is 0 Å². The Morgan fingerprint density at radius 1 is 1.41 bits per heavy atom. The van der Waals surface area contributed by atoms with Gasteiger partial charge in [-0.1, -0.05) is 6.07 Å². The summed E-state index contributed by atoms with van der Waals surface area (Å²) in [5, 5.41) is 14.2. The highest BCUT2D eigenvalue weighted by atomic mass is 16.4. The first-order chi connectivity index (χ1) is 7.97. The predicted molar refractivity (Wildman–Crippen MR) is 65.0 cm³/mol. The molecule has 1 aromatic carbocycles. The molecule has 0 aliphatic heterocycles. The summed E-state index contributed by atoms with van der Waals surface area (Å²) in [6, 6.07) is 4.11. The molecule has 17 heavy (non-hydrogen) atoms. The van der Waals surface area contributed by atoms with E-state index in [0.717, 1.165) is 0 Å². The zero-order chi connectivity index (χ0) is 13.0. The van der Waals surface area contributed by atoms with Crippen molar-refractivity contribution in [3.05, 3.63) is 23.8 Å². The molecule has 1 unspecified atom stereocenters. The molecule has 0 radical (unpaired) electrons. The van der Waals surface area contributed by atoms with Gasteiger partial charge in [0.1, 0.15) is 6.04 Å². The Bertz CT molecular complexity index is 446. The number of nitrogens with two attached hydrogens (primary N) is 1. The van der Waals surface area contributed by atoms with E-state index in [0.29, 0.717) is 5.69 Å². The third kappa shape index (κ3) is 2.87. The van der Waals surface area contributed by atoms with Crippen LogP contribution in [0.15, 0.2) is 18.2 Å². The van der Waals surface area contributed by atoms with Gasteiger partial charge in [-0.05, 0) is 19.1 Å². The van der Waals surface area contributed by atoms with E-state index in [-0.39, 0.29) is 17.2 Å². The van der Waals surface area contributed by atoms with Crippen LogP contribution >= 0.6 is 0 Å². The largest absolute Gasteiger partial charge is 0.478 e. The van der Waals surface area contributed by atoms with E-state index < -0.39 is 12.0 Å². The van der Waals surface area contributed by atoms with Gasteiger partial charge in [0.15, 0.2) is 0 Å². The molecule has 1 atom stereocenters. The Balaban J connectivity index is 2.96. The van der Waals surface area contributed by atoms with Gasteiger partial charge in [-0.2, -0.15) is 0 Å². The minimum atomic E-state index is -1.10. The summed E-state index contributed by atoms with van der Waals surface area (Å²) >= 11 is 0. The second-order valence-electron chi connectivity index (χ2n) is 3.55. The van der Waals surface area contributed by atoms with Crippen molar-refractivity contribution < 1.29 is 14.7 Å². The quantitative estimate of drug-likeness (QED) is 0.571. The minimum absolute atomic E-state index is 0.0131. The lowest BCUT2D eigenvalue weighted by Gasteiger charge is -2.16. The van der Waals surface area contributed by atoms with Crippen molar-refractivity contribution in [1.82, 2.24) is 5.32 Å². The second-order valence-corrected chi connectivity index (χ2v) is 3.55. The first-order valence-corrected chi connectivity index (χ1v) is 5.07. The SMILES string of the molecule is CNC(=O)C(C)Nc1cccc(C(=O)O)c1N. The Morgan fingerprint density at radius 3 is 2.59 bits per heavy atom. The van der Waals surface area contributed by atoms with Gasteiger partial charge in [-0.15, -0.1) is 0 Å². The van der Waals surface area contributed by atoms with Crippen molar-refractivity contribution >= 4 is 23.3 Å². The van der Waals surface area contributed by atoms with Gasteiger partial charge in [-0.25, -0.2) is 4.79 Å². The van der Waals surface area contributed by atoms with Crippen molar-refractivity contribution in [3.63, 3.8) is 0 Å². The lowest BCUT2D eigenvalue weighted by atomic mass is 10.1. The maximum atomic E-state index is 11.3. The molecule has 5 N–H and O–H groups in total. The molecular weight excluding hydrogens is 222 g/mol. The van der Waals surface area contributed by atoms with Gasteiger partial charge < -0.3 is 21.5 Å². The average molecular weight is 237 g/mol. The van der Waals surface area contributed by atoms with Crippen LogP contribution in [0, 0.1) is 0 Å². The molecule has 0 aliphatic rings. The topological polar surface area (TPSA) is 104 Å². The minimum Gasteiger partial charge on any atom is -0.478 e. The summed E-state index contributed by atoms with van der Waals surface area (Å²) < 4.78 is 0. The molecule has 1 amide bonds. The molecular formula is C11H15N3O3. The highest BCUT2D eigenvalue weighted by molar-refractivity contribution is 5.97. The van der Waals surface area contributed by atoms with E-state index in [4.69, 9.17) is 10.8 Å². The molecule has 0 aromatic heterocycles. The van der Waals surface area contributed by atoms with Gasteiger partial charge in [0, 0.05) is 7.05 Å². The number of carbonyl (C=O) groups excluding carboxylic acids is 1. The van der Waals surface area contributed by atoms with Crippen LogP contribution in [0.4, 0.5) is 11.4 Å². The number of anilines is 2. The molecule has 0 spiro atoms. The van der Waals surface area contributed by atoms with E-state index in [1.54, 1.807) is 19.1 Å². The highest BCUT2D eigenvalue weighted by Crippen LogP contribution is 2.23. The van der Waals surface area contributed by atoms with Crippen molar-refractivity contribution in [2.45, 2.75) is 13.0 Å². The molecule has 1 rings (SSSR count).